The van der Waals surface area contributed by atoms with Crippen molar-refractivity contribution in [3.05, 3.63) is 21.9 Å². The van der Waals surface area contributed by atoms with Gasteiger partial charge in [-0.2, -0.15) is 0 Å². The van der Waals surface area contributed by atoms with E-state index in [1.807, 2.05) is 11.4 Å². The van der Waals surface area contributed by atoms with Gasteiger partial charge in [-0.05, 0) is 23.8 Å². The number of hydrogen-bond donors (Lipinski definition) is 2. The first-order chi connectivity index (χ1) is 9.81. The molecule has 0 unspecified atom stereocenters. The highest BCUT2D eigenvalue weighted by Gasteiger charge is 2.15. The molecular formula is C16H22N2OS. The first-order valence-electron chi connectivity index (χ1n) is 7.36. The van der Waals surface area contributed by atoms with Crippen LogP contribution in [0.2, 0.25) is 0 Å². The second kappa shape index (κ2) is 8.08. The molecule has 108 valence electrons. The summed E-state index contributed by atoms with van der Waals surface area (Å²) >= 11 is 1.44. The third-order valence-corrected chi connectivity index (χ3v) is 4.67. The van der Waals surface area contributed by atoms with Crippen LogP contribution < -0.4 is 11.1 Å². The number of rotatable bonds is 4. The standard InChI is InChI=1S/C16H22N2OS/c17-10-4-7-14-9-12-20-15(14)16(19)18-11-8-13-5-2-1-3-6-13/h9,12-13H,1-3,5-6,8,10-11,17H2,(H,18,19). The van der Waals surface area contributed by atoms with Crippen LogP contribution in [0.25, 0.3) is 0 Å². The normalized spacial score (nSPS) is 15.4. The molecule has 0 saturated heterocycles. The lowest BCUT2D eigenvalue weighted by atomic mass is 9.87. The van der Waals surface area contributed by atoms with Gasteiger partial charge in [0.15, 0.2) is 0 Å². The predicted octanol–water partition coefficient (Wildman–Crippen LogP) is 2.76. The Morgan fingerprint density at radius 2 is 2.20 bits per heavy atom. The fourth-order valence-electron chi connectivity index (χ4n) is 2.68. The Morgan fingerprint density at radius 1 is 1.40 bits per heavy atom. The van der Waals surface area contributed by atoms with Crippen LogP contribution in [0, 0.1) is 17.8 Å². The zero-order valence-corrected chi connectivity index (χ0v) is 12.6. The van der Waals surface area contributed by atoms with Crippen LogP contribution in [0.4, 0.5) is 0 Å². The van der Waals surface area contributed by atoms with Crippen LogP contribution in [0.1, 0.15) is 53.8 Å². The molecular weight excluding hydrogens is 268 g/mol. The van der Waals surface area contributed by atoms with Crippen molar-refractivity contribution >= 4 is 17.2 Å². The van der Waals surface area contributed by atoms with Gasteiger partial charge in [-0.25, -0.2) is 0 Å². The molecule has 3 N–H and O–H groups in total. The monoisotopic (exact) mass is 290 g/mol. The number of hydrogen-bond acceptors (Lipinski definition) is 3. The highest BCUT2D eigenvalue weighted by atomic mass is 32.1. The number of carbonyl (C=O) groups is 1. The van der Waals surface area contributed by atoms with Gasteiger partial charge in [0.05, 0.1) is 6.54 Å². The lowest BCUT2D eigenvalue weighted by Gasteiger charge is -2.21. The van der Waals surface area contributed by atoms with Gasteiger partial charge in [0, 0.05) is 12.1 Å². The Hall–Kier alpha value is -1.31. The minimum absolute atomic E-state index is 0.00266. The van der Waals surface area contributed by atoms with Crippen LogP contribution in [-0.4, -0.2) is 19.0 Å². The van der Waals surface area contributed by atoms with Gasteiger partial charge >= 0.3 is 0 Å². The van der Waals surface area contributed by atoms with Gasteiger partial charge < -0.3 is 11.1 Å². The van der Waals surface area contributed by atoms with Crippen molar-refractivity contribution < 1.29 is 4.79 Å². The highest BCUT2D eigenvalue weighted by Crippen LogP contribution is 2.25. The third kappa shape index (κ3) is 4.36. The second-order valence-corrected chi connectivity index (χ2v) is 6.13. The zero-order valence-electron chi connectivity index (χ0n) is 11.8. The minimum atomic E-state index is -0.00266. The van der Waals surface area contributed by atoms with Crippen molar-refractivity contribution in [1.82, 2.24) is 5.32 Å². The van der Waals surface area contributed by atoms with Crippen molar-refractivity contribution in [1.29, 1.82) is 0 Å². The van der Waals surface area contributed by atoms with Crippen LogP contribution in [0.15, 0.2) is 11.4 Å². The molecule has 1 saturated carbocycles. The number of carbonyl (C=O) groups excluding carboxylic acids is 1. The average molecular weight is 290 g/mol. The second-order valence-electron chi connectivity index (χ2n) is 5.22. The quantitative estimate of drug-likeness (QED) is 0.838. The summed E-state index contributed by atoms with van der Waals surface area (Å²) in [5.74, 6) is 6.54. The Morgan fingerprint density at radius 3 is 2.95 bits per heavy atom. The van der Waals surface area contributed by atoms with Gasteiger partial charge in [-0.1, -0.05) is 43.9 Å². The Labute approximate surface area is 124 Å². The molecule has 1 aliphatic rings. The lowest BCUT2D eigenvalue weighted by Crippen LogP contribution is -2.26. The molecule has 1 aliphatic carbocycles. The maximum Gasteiger partial charge on any atom is 0.262 e. The Balaban J connectivity index is 1.81. The number of amides is 1. The van der Waals surface area contributed by atoms with Gasteiger partial charge in [-0.3, -0.25) is 4.79 Å². The van der Waals surface area contributed by atoms with Crippen molar-refractivity contribution in [3.63, 3.8) is 0 Å². The van der Waals surface area contributed by atoms with Crippen molar-refractivity contribution in [3.8, 4) is 11.8 Å². The van der Waals surface area contributed by atoms with E-state index in [0.29, 0.717) is 11.4 Å². The first kappa shape index (κ1) is 15.1. The highest BCUT2D eigenvalue weighted by molar-refractivity contribution is 7.12. The molecule has 0 spiro atoms. The Bertz CT molecular complexity index is 492. The molecule has 3 nitrogen and oxygen atoms in total. The van der Waals surface area contributed by atoms with E-state index in [1.54, 1.807) is 0 Å². The molecule has 4 heteroatoms. The van der Waals surface area contributed by atoms with Crippen molar-refractivity contribution in [2.45, 2.75) is 38.5 Å². The van der Waals surface area contributed by atoms with Crippen LogP contribution in [0.5, 0.6) is 0 Å². The van der Waals surface area contributed by atoms with Gasteiger partial charge in [0.2, 0.25) is 0 Å². The summed E-state index contributed by atoms with van der Waals surface area (Å²) in [6, 6.07) is 1.88. The SMILES string of the molecule is NCC#Cc1ccsc1C(=O)NCCC1CCCCC1. The molecule has 2 rings (SSSR count). The summed E-state index contributed by atoms with van der Waals surface area (Å²) in [6.45, 7) is 1.09. The fraction of sp³-hybridized carbons (Fsp3) is 0.562. The van der Waals surface area contributed by atoms with Crippen LogP contribution in [0.3, 0.4) is 0 Å². The molecule has 0 bridgehead atoms. The van der Waals surface area contributed by atoms with Gasteiger partial charge in [0.25, 0.3) is 5.91 Å². The topological polar surface area (TPSA) is 55.1 Å². The molecule has 0 atom stereocenters. The predicted molar refractivity (Wildman–Crippen MR) is 83.8 cm³/mol. The van der Waals surface area contributed by atoms with E-state index in [-0.39, 0.29) is 5.91 Å². The summed E-state index contributed by atoms with van der Waals surface area (Å²) < 4.78 is 0. The average Bonchev–Trinajstić information content (AvgIpc) is 2.94. The Kier molecular flexibility index (Phi) is 6.10. The van der Waals surface area contributed by atoms with Gasteiger partial charge in [-0.15, -0.1) is 11.3 Å². The van der Waals surface area contributed by atoms with E-state index in [0.717, 1.165) is 24.4 Å². The first-order valence-corrected chi connectivity index (χ1v) is 8.24. The van der Waals surface area contributed by atoms with Crippen molar-refractivity contribution in [2.75, 3.05) is 13.1 Å². The summed E-state index contributed by atoms with van der Waals surface area (Å²) in [4.78, 5) is 12.8. The molecule has 1 amide bonds. The van der Waals surface area contributed by atoms with E-state index in [4.69, 9.17) is 5.73 Å². The number of thiophene rings is 1. The molecule has 1 aromatic heterocycles. The zero-order chi connectivity index (χ0) is 14.2. The summed E-state index contributed by atoms with van der Waals surface area (Å²) in [5.41, 5.74) is 6.15. The summed E-state index contributed by atoms with van der Waals surface area (Å²) in [6.07, 6.45) is 7.82. The maximum absolute atomic E-state index is 12.1. The smallest absolute Gasteiger partial charge is 0.262 e. The van der Waals surface area contributed by atoms with E-state index in [2.05, 4.69) is 17.2 Å². The molecule has 1 heterocycles. The molecule has 1 aromatic rings. The van der Waals surface area contributed by atoms with Crippen LogP contribution >= 0.6 is 11.3 Å². The molecule has 0 radical (unpaired) electrons. The maximum atomic E-state index is 12.1. The minimum Gasteiger partial charge on any atom is -0.351 e. The number of nitrogens with two attached hydrogens (primary N) is 1. The van der Waals surface area contributed by atoms with E-state index >= 15 is 0 Å². The van der Waals surface area contributed by atoms with Gasteiger partial charge in [0.1, 0.15) is 4.88 Å². The summed E-state index contributed by atoms with van der Waals surface area (Å²) in [7, 11) is 0. The summed E-state index contributed by atoms with van der Waals surface area (Å²) in [5, 5.41) is 4.92. The number of nitrogens with one attached hydrogen (secondary N) is 1. The van der Waals surface area contributed by atoms with E-state index < -0.39 is 0 Å². The molecule has 0 aliphatic heterocycles. The van der Waals surface area contributed by atoms with E-state index in [9.17, 15) is 4.79 Å². The van der Waals surface area contributed by atoms with Crippen LogP contribution in [-0.2, 0) is 0 Å². The van der Waals surface area contributed by atoms with Crippen molar-refractivity contribution in [2.24, 2.45) is 11.7 Å². The molecule has 0 aromatic carbocycles. The molecule has 20 heavy (non-hydrogen) atoms. The lowest BCUT2D eigenvalue weighted by molar-refractivity contribution is 0.0954. The largest absolute Gasteiger partial charge is 0.351 e. The fourth-order valence-corrected chi connectivity index (χ4v) is 3.44. The molecule has 1 fully saturated rings. The third-order valence-electron chi connectivity index (χ3n) is 3.76. The van der Waals surface area contributed by atoms with E-state index in [1.165, 1.54) is 43.4 Å².